The van der Waals surface area contributed by atoms with Crippen LogP contribution in [0.5, 0.6) is 0 Å². The lowest BCUT2D eigenvalue weighted by atomic mass is 10.1. The topological polar surface area (TPSA) is 30.0 Å². The summed E-state index contributed by atoms with van der Waals surface area (Å²) < 4.78 is 0. The molecule has 0 saturated heterocycles. The second-order valence-electron chi connectivity index (χ2n) is 2.61. The second-order valence-corrected chi connectivity index (χ2v) is 2.61. The smallest absolute Gasteiger partial charge is 0.186 e. The number of ketones is 1. The molecule has 2 heteroatoms. The van der Waals surface area contributed by atoms with Crippen molar-refractivity contribution in [3.8, 4) is 0 Å². The van der Waals surface area contributed by atoms with Crippen molar-refractivity contribution in [3.05, 3.63) is 35.2 Å². The van der Waals surface area contributed by atoms with Crippen LogP contribution in [0.3, 0.4) is 0 Å². The quantitative estimate of drug-likeness (QED) is 0.555. The van der Waals surface area contributed by atoms with Gasteiger partial charge in [-0.15, -0.1) is 0 Å². The summed E-state index contributed by atoms with van der Waals surface area (Å²) in [4.78, 5) is 15.2. The number of aryl methyl sites for hydroxylation is 1. The summed E-state index contributed by atoms with van der Waals surface area (Å²) in [6, 6.07) is 1.82. The summed E-state index contributed by atoms with van der Waals surface area (Å²) in [5.41, 5.74) is 2.60. The lowest BCUT2D eigenvalue weighted by Crippen LogP contribution is -1.93. The number of pyridine rings is 1. The summed E-state index contributed by atoms with van der Waals surface area (Å²) in [6.07, 6.45) is 5.10. The number of carbonyl (C=O) groups excluding carboxylic acids is 1. The molecule has 0 atom stereocenters. The van der Waals surface area contributed by atoms with E-state index in [9.17, 15) is 4.79 Å². The fraction of sp³-hybridized carbons (Fsp3) is 0.111. The number of carbonyl (C=O) groups is 1. The molecule has 0 bridgehead atoms. The van der Waals surface area contributed by atoms with Gasteiger partial charge in [0.15, 0.2) is 5.78 Å². The van der Waals surface area contributed by atoms with Gasteiger partial charge in [-0.3, -0.25) is 9.78 Å². The molecule has 2 nitrogen and oxygen atoms in total. The molecule has 2 rings (SSSR count). The first-order valence-electron chi connectivity index (χ1n) is 3.46. The molecule has 0 saturated carbocycles. The molecule has 0 N–H and O–H groups in total. The van der Waals surface area contributed by atoms with Gasteiger partial charge in [0.05, 0.1) is 0 Å². The third kappa shape index (κ3) is 0.871. The van der Waals surface area contributed by atoms with E-state index in [-0.39, 0.29) is 5.78 Å². The maximum atomic E-state index is 11.1. The van der Waals surface area contributed by atoms with Gasteiger partial charge < -0.3 is 0 Å². The van der Waals surface area contributed by atoms with Gasteiger partial charge in [0, 0.05) is 23.0 Å². The number of hydrogen-bond donors (Lipinski definition) is 0. The molecule has 54 valence electrons. The molecule has 0 aliphatic heterocycles. The van der Waals surface area contributed by atoms with E-state index in [0.29, 0.717) is 0 Å². The number of aromatic nitrogens is 1. The minimum Gasteiger partial charge on any atom is -0.289 e. The standard InChI is InChI=1S/C9H7NO/c1-6-4-8-7(5-10-6)2-3-9(8)11/h2-5H,1H3. The first-order valence-corrected chi connectivity index (χ1v) is 3.46. The van der Waals surface area contributed by atoms with Gasteiger partial charge in [-0.05, 0) is 25.1 Å². The number of fused-ring (bicyclic) bond motifs is 1. The van der Waals surface area contributed by atoms with Crippen molar-refractivity contribution in [2.45, 2.75) is 6.92 Å². The van der Waals surface area contributed by atoms with E-state index in [2.05, 4.69) is 4.98 Å². The highest BCUT2D eigenvalue weighted by Gasteiger charge is 2.12. The average Bonchev–Trinajstić information content (AvgIpc) is 2.33. The van der Waals surface area contributed by atoms with Crippen LogP contribution in [0.25, 0.3) is 6.08 Å². The summed E-state index contributed by atoms with van der Waals surface area (Å²) in [7, 11) is 0. The minimum atomic E-state index is 0.0884. The van der Waals surface area contributed by atoms with Crippen molar-refractivity contribution in [2.75, 3.05) is 0 Å². The second kappa shape index (κ2) is 2.02. The van der Waals surface area contributed by atoms with Crippen molar-refractivity contribution in [3.63, 3.8) is 0 Å². The van der Waals surface area contributed by atoms with Crippen LogP contribution < -0.4 is 0 Å². The maximum absolute atomic E-state index is 11.1. The highest BCUT2D eigenvalue weighted by molar-refractivity contribution is 6.13. The molecule has 0 unspecified atom stereocenters. The molecular formula is C9H7NO. The largest absolute Gasteiger partial charge is 0.289 e. The van der Waals surface area contributed by atoms with Gasteiger partial charge in [-0.2, -0.15) is 0 Å². The Hall–Kier alpha value is -1.44. The van der Waals surface area contributed by atoms with E-state index in [1.54, 1.807) is 18.3 Å². The van der Waals surface area contributed by atoms with Crippen LogP contribution in [-0.2, 0) is 0 Å². The van der Waals surface area contributed by atoms with Gasteiger partial charge in [-0.25, -0.2) is 0 Å². The van der Waals surface area contributed by atoms with Crippen LogP contribution in [0, 0.1) is 6.92 Å². The SMILES string of the molecule is Cc1cc2c(cn1)C=CC2=O. The molecule has 1 aliphatic rings. The van der Waals surface area contributed by atoms with Crippen LogP contribution in [0.15, 0.2) is 18.3 Å². The summed E-state index contributed by atoms with van der Waals surface area (Å²) in [6.45, 7) is 1.88. The molecular weight excluding hydrogens is 138 g/mol. The Bertz CT molecular complexity index is 353. The van der Waals surface area contributed by atoms with Crippen LogP contribution in [0.4, 0.5) is 0 Å². The van der Waals surface area contributed by atoms with Crippen molar-refractivity contribution < 1.29 is 4.79 Å². The molecule has 0 aromatic carbocycles. The van der Waals surface area contributed by atoms with E-state index >= 15 is 0 Å². The molecule has 1 heterocycles. The predicted molar refractivity (Wildman–Crippen MR) is 42.3 cm³/mol. The van der Waals surface area contributed by atoms with E-state index in [1.807, 2.05) is 13.0 Å². The Labute approximate surface area is 64.6 Å². The fourth-order valence-corrected chi connectivity index (χ4v) is 1.17. The summed E-state index contributed by atoms with van der Waals surface area (Å²) in [5.74, 6) is 0.0884. The van der Waals surface area contributed by atoms with E-state index < -0.39 is 0 Å². The first-order chi connectivity index (χ1) is 5.27. The Morgan fingerprint density at radius 3 is 3.00 bits per heavy atom. The minimum absolute atomic E-state index is 0.0884. The third-order valence-electron chi connectivity index (χ3n) is 1.75. The number of hydrogen-bond acceptors (Lipinski definition) is 2. The van der Waals surface area contributed by atoms with Crippen molar-refractivity contribution in [1.29, 1.82) is 0 Å². The van der Waals surface area contributed by atoms with Crippen LogP contribution in [0.1, 0.15) is 21.6 Å². The van der Waals surface area contributed by atoms with Crippen molar-refractivity contribution >= 4 is 11.9 Å². The fourth-order valence-electron chi connectivity index (χ4n) is 1.17. The van der Waals surface area contributed by atoms with Crippen LogP contribution in [-0.4, -0.2) is 10.8 Å². The van der Waals surface area contributed by atoms with E-state index in [1.165, 1.54) is 0 Å². The molecule has 1 aliphatic carbocycles. The van der Waals surface area contributed by atoms with E-state index in [0.717, 1.165) is 16.8 Å². The number of rotatable bonds is 0. The maximum Gasteiger partial charge on any atom is 0.186 e. The van der Waals surface area contributed by atoms with E-state index in [4.69, 9.17) is 0 Å². The first kappa shape index (κ1) is 6.28. The summed E-state index contributed by atoms with van der Waals surface area (Å²) >= 11 is 0. The van der Waals surface area contributed by atoms with Gasteiger partial charge in [0.25, 0.3) is 0 Å². The van der Waals surface area contributed by atoms with Crippen molar-refractivity contribution in [1.82, 2.24) is 4.98 Å². The Morgan fingerprint density at radius 1 is 1.36 bits per heavy atom. The Kier molecular flexibility index (Phi) is 1.15. The summed E-state index contributed by atoms with van der Waals surface area (Å²) in [5, 5.41) is 0. The van der Waals surface area contributed by atoms with Gasteiger partial charge in [0.1, 0.15) is 0 Å². The molecule has 1 aromatic heterocycles. The molecule has 0 radical (unpaired) electrons. The number of allylic oxidation sites excluding steroid dienone is 1. The Balaban J connectivity index is 2.67. The highest BCUT2D eigenvalue weighted by Crippen LogP contribution is 2.18. The zero-order valence-corrected chi connectivity index (χ0v) is 6.16. The van der Waals surface area contributed by atoms with Crippen LogP contribution in [0.2, 0.25) is 0 Å². The predicted octanol–water partition coefficient (Wildman–Crippen LogP) is 1.60. The third-order valence-corrected chi connectivity index (χ3v) is 1.75. The average molecular weight is 145 g/mol. The van der Waals surface area contributed by atoms with Gasteiger partial charge in [-0.1, -0.05) is 0 Å². The van der Waals surface area contributed by atoms with Crippen molar-refractivity contribution in [2.24, 2.45) is 0 Å². The zero-order valence-electron chi connectivity index (χ0n) is 6.16. The molecule has 0 fully saturated rings. The number of nitrogens with zero attached hydrogens (tertiary/aromatic N) is 1. The van der Waals surface area contributed by atoms with Gasteiger partial charge in [0.2, 0.25) is 0 Å². The Morgan fingerprint density at radius 2 is 2.18 bits per heavy atom. The lowest BCUT2D eigenvalue weighted by Gasteiger charge is -1.96. The normalized spacial score (nSPS) is 13.7. The molecule has 11 heavy (non-hydrogen) atoms. The highest BCUT2D eigenvalue weighted by atomic mass is 16.1. The lowest BCUT2D eigenvalue weighted by molar-refractivity contribution is 0.105. The molecule has 0 amide bonds. The monoisotopic (exact) mass is 145 g/mol. The molecule has 0 spiro atoms. The molecule has 1 aromatic rings. The van der Waals surface area contributed by atoms with Crippen LogP contribution >= 0.6 is 0 Å². The zero-order chi connectivity index (χ0) is 7.84. The van der Waals surface area contributed by atoms with Gasteiger partial charge >= 0.3 is 0 Å².